The molecule has 1 aliphatic heterocycles. The standard InChI is InChI=1S/C18H22FN3O2/c1-2-24-10-7-20-18(23)22-8-5-13(6-9-22)16-12-21-17-11-14(19)3-4-15(16)17/h3-5,11-12,21H,2,6-10H2,1H3,(H,20,23). The summed E-state index contributed by atoms with van der Waals surface area (Å²) < 4.78 is 18.5. The van der Waals surface area contributed by atoms with Gasteiger partial charge in [0.15, 0.2) is 0 Å². The number of hydrogen-bond donors (Lipinski definition) is 2. The summed E-state index contributed by atoms with van der Waals surface area (Å²) >= 11 is 0. The summed E-state index contributed by atoms with van der Waals surface area (Å²) in [4.78, 5) is 17.0. The van der Waals surface area contributed by atoms with Gasteiger partial charge in [-0.1, -0.05) is 6.08 Å². The zero-order chi connectivity index (χ0) is 16.9. The molecule has 0 aliphatic carbocycles. The number of carbonyl (C=O) groups excluding carboxylic acids is 1. The lowest BCUT2D eigenvalue weighted by Crippen LogP contribution is -2.43. The van der Waals surface area contributed by atoms with Gasteiger partial charge in [0.05, 0.1) is 6.61 Å². The van der Waals surface area contributed by atoms with E-state index in [0.717, 1.165) is 22.9 Å². The Labute approximate surface area is 140 Å². The van der Waals surface area contributed by atoms with Gasteiger partial charge in [-0.15, -0.1) is 0 Å². The molecule has 2 N–H and O–H groups in total. The molecule has 0 saturated carbocycles. The summed E-state index contributed by atoms with van der Waals surface area (Å²) in [6.07, 6.45) is 4.76. The third kappa shape index (κ3) is 3.59. The van der Waals surface area contributed by atoms with Gasteiger partial charge in [-0.05, 0) is 37.1 Å². The highest BCUT2D eigenvalue weighted by Gasteiger charge is 2.19. The number of aromatic amines is 1. The number of halogens is 1. The number of nitrogens with zero attached hydrogens (tertiary/aromatic N) is 1. The Morgan fingerprint density at radius 1 is 1.46 bits per heavy atom. The summed E-state index contributed by atoms with van der Waals surface area (Å²) in [5.74, 6) is -0.247. The molecule has 1 aromatic carbocycles. The first-order valence-electron chi connectivity index (χ1n) is 8.25. The SMILES string of the molecule is CCOCCNC(=O)N1CC=C(c2c[nH]c3cc(F)ccc23)CC1. The van der Waals surface area contributed by atoms with E-state index in [2.05, 4.69) is 16.4 Å². The van der Waals surface area contributed by atoms with Crippen LogP contribution in [0.2, 0.25) is 0 Å². The number of H-pyrrole nitrogens is 1. The first-order chi connectivity index (χ1) is 11.7. The molecular formula is C18H22FN3O2. The van der Waals surface area contributed by atoms with Crippen LogP contribution < -0.4 is 5.32 Å². The molecule has 3 rings (SSSR count). The number of benzene rings is 1. The van der Waals surface area contributed by atoms with E-state index >= 15 is 0 Å². The van der Waals surface area contributed by atoms with Crippen molar-refractivity contribution >= 4 is 22.5 Å². The second-order valence-electron chi connectivity index (χ2n) is 5.75. The maximum absolute atomic E-state index is 13.3. The number of aromatic nitrogens is 1. The molecule has 0 unspecified atom stereocenters. The van der Waals surface area contributed by atoms with E-state index in [1.807, 2.05) is 13.1 Å². The molecule has 0 fully saturated rings. The highest BCUT2D eigenvalue weighted by molar-refractivity contribution is 5.93. The van der Waals surface area contributed by atoms with Crippen molar-refractivity contribution in [3.05, 3.63) is 41.9 Å². The fraction of sp³-hybridized carbons (Fsp3) is 0.389. The van der Waals surface area contributed by atoms with Crippen molar-refractivity contribution in [1.82, 2.24) is 15.2 Å². The Balaban J connectivity index is 1.63. The van der Waals surface area contributed by atoms with Crippen LogP contribution in [0.15, 0.2) is 30.5 Å². The van der Waals surface area contributed by atoms with Crippen LogP contribution in [0.5, 0.6) is 0 Å². The lowest BCUT2D eigenvalue weighted by atomic mass is 9.99. The van der Waals surface area contributed by atoms with Gasteiger partial charge in [0, 0.05) is 48.9 Å². The summed E-state index contributed by atoms with van der Waals surface area (Å²) in [6.45, 7) is 4.87. The van der Waals surface area contributed by atoms with Gasteiger partial charge in [-0.25, -0.2) is 9.18 Å². The molecule has 128 valence electrons. The molecule has 0 radical (unpaired) electrons. The number of amides is 2. The molecule has 1 aromatic heterocycles. The zero-order valence-corrected chi connectivity index (χ0v) is 13.8. The molecule has 2 aromatic rings. The summed E-state index contributed by atoms with van der Waals surface area (Å²) in [6, 6.07) is 4.71. The van der Waals surface area contributed by atoms with Crippen LogP contribution in [-0.4, -0.2) is 48.8 Å². The van der Waals surface area contributed by atoms with Gasteiger partial charge < -0.3 is 19.9 Å². The van der Waals surface area contributed by atoms with Gasteiger partial charge in [-0.2, -0.15) is 0 Å². The van der Waals surface area contributed by atoms with Crippen LogP contribution in [0, 0.1) is 5.82 Å². The van der Waals surface area contributed by atoms with Gasteiger partial charge in [-0.3, -0.25) is 0 Å². The molecule has 2 heterocycles. The maximum Gasteiger partial charge on any atom is 0.317 e. The number of fused-ring (bicyclic) bond motifs is 1. The molecule has 2 amide bonds. The van der Waals surface area contributed by atoms with E-state index < -0.39 is 0 Å². The molecule has 0 spiro atoms. The van der Waals surface area contributed by atoms with Crippen molar-refractivity contribution < 1.29 is 13.9 Å². The highest BCUT2D eigenvalue weighted by atomic mass is 19.1. The van der Waals surface area contributed by atoms with E-state index in [0.29, 0.717) is 32.8 Å². The van der Waals surface area contributed by atoms with E-state index in [-0.39, 0.29) is 11.8 Å². The van der Waals surface area contributed by atoms with Gasteiger partial charge in [0.1, 0.15) is 5.82 Å². The molecule has 0 bridgehead atoms. The summed E-state index contributed by atoms with van der Waals surface area (Å²) in [5.41, 5.74) is 3.06. The predicted octanol–water partition coefficient (Wildman–Crippen LogP) is 3.14. The van der Waals surface area contributed by atoms with Gasteiger partial charge >= 0.3 is 6.03 Å². The minimum Gasteiger partial charge on any atom is -0.380 e. The topological polar surface area (TPSA) is 57.4 Å². The molecular weight excluding hydrogens is 309 g/mol. The first kappa shape index (κ1) is 16.5. The maximum atomic E-state index is 13.3. The Morgan fingerprint density at radius 3 is 3.08 bits per heavy atom. The molecule has 6 heteroatoms. The van der Waals surface area contributed by atoms with E-state index in [1.54, 1.807) is 11.0 Å². The van der Waals surface area contributed by atoms with Gasteiger partial charge in [0.2, 0.25) is 0 Å². The van der Waals surface area contributed by atoms with Crippen molar-refractivity contribution in [2.45, 2.75) is 13.3 Å². The lowest BCUT2D eigenvalue weighted by Gasteiger charge is -2.26. The van der Waals surface area contributed by atoms with Crippen LogP contribution in [0.3, 0.4) is 0 Å². The smallest absolute Gasteiger partial charge is 0.317 e. The molecule has 24 heavy (non-hydrogen) atoms. The Morgan fingerprint density at radius 2 is 2.33 bits per heavy atom. The third-order valence-corrected chi connectivity index (χ3v) is 4.21. The highest BCUT2D eigenvalue weighted by Crippen LogP contribution is 2.29. The minimum absolute atomic E-state index is 0.0639. The van der Waals surface area contributed by atoms with E-state index in [4.69, 9.17) is 4.74 Å². The first-order valence-corrected chi connectivity index (χ1v) is 8.25. The average Bonchev–Trinajstić information content (AvgIpc) is 3.01. The minimum atomic E-state index is -0.247. The summed E-state index contributed by atoms with van der Waals surface area (Å²) in [7, 11) is 0. The molecule has 0 atom stereocenters. The number of hydrogen-bond acceptors (Lipinski definition) is 2. The fourth-order valence-corrected chi connectivity index (χ4v) is 2.95. The normalized spacial score (nSPS) is 14.8. The average molecular weight is 331 g/mol. The molecule has 0 saturated heterocycles. The Bertz CT molecular complexity index is 754. The quantitative estimate of drug-likeness (QED) is 0.827. The van der Waals surface area contributed by atoms with E-state index in [9.17, 15) is 9.18 Å². The van der Waals surface area contributed by atoms with Crippen molar-refractivity contribution in [3.8, 4) is 0 Å². The predicted molar refractivity (Wildman–Crippen MR) is 92.3 cm³/mol. The number of ether oxygens (including phenoxy) is 1. The van der Waals surface area contributed by atoms with Crippen LogP contribution in [0.25, 0.3) is 16.5 Å². The fourth-order valence-electron chi connectivity index (χ4n) is 2.95. The Kier molecular flexibility index (Phi) is 5.15. The van der Waals surface area contributed by atoms with Crippen molar-refractivity contribution in [2.24, 2.45) is 0 Å². The zero-order valence-electron chi connectivity index (χ0n) is 13.8. The lowest BCUT2D eigenvalue weighted by molar-refractivity contribution is 0.146. The molecule has 1 aliphatic rings. The van der Waals surface area contributed by atoms with Crippen LogP contribution >= 0.6 is 0 Å². The van der Waals surface area contributed by atoms with Crippen molar-refractivity contribution in [1.29, 1.82) is 0 Å². The van der Waals surface area contributed by atoms with Crippen LogP contribution in [0.1, 0.15) is 18.9 Å². The number of urea groups is 1. The Hall–Kier alpha value is -2.34. The second kappa shape index (κ2) is 7.49. The molecule has 5 nitrogen and oxygen atoms in total. The van der Waals surface area contributed by atoms with Crippen molar-refractivity contribution in [3.63, 3.8) is 0 Å². The summed E-state index contributed by atoms with van der Waals surface area (Å²) in [5, 5.41) is 3.87. The largest absolute Gasteiger partial charge is 0.380 e. The third-order valence-electron chi connectivity index (χ3n) is 4.21. The van der Waals surface area contributed by atoms with Crippen molar-refractivity contribution in [2.75, 3.05) is 32.8 Å². The van der Waals surface area contributed by atoms with Gasteiger partial charge in [0.25, 0.3) is 0 Å². The number of rotatable bonds is 5. The second-order valence-corrected chi connectivity index (χ2v) is 5.75. The van der Waals surface area contributed by atoms with Crippen LogP contribution in [0.4, 0.5) is 9.18 Å². The number of carbonyl (C=O) groups is 1. The van der Waals surface area contributed by atoms with E-state index in [1.165, 1.54) is 17.7 Å². The number of nitrogens with one attached hydrogen (secondary N) is 2. The monoisotopic (exact) mass is 331 g/mol. The van der Waals surface area contributed by atoms with Crippen LogP contribution in [-0.2, 0) is 4.74 Å².